The smallest absolute Gasteiger partial charge is 0.186 e. The van der Waals surface area contributed by atoms with E-state index in [1.807, 2.05) is 0 Å². The molecule has 0 amide bonds. The van der Waals surface area contributed by atoms with Crippen LogP contribution in [0.4, 0.5) is 0 Å². The predicted octanol–water partition coefficient (Wildman–Crippen LogP) is -7.56. The van der Waals surface area contributed by atoms with Crippen LogP contribution >= 0.6 is 0 Å². The van der Waals surface area contributed by atoms with Gasteiger partial charge >= 0.3 is 0 Å². The standard InChI is InChI=1S/C23H42O18/c1-23(5-36-20-17(33)14(30)11(27)8(2-24)39-20,6-37-21-18(34)15(31)12(28)9(3-25)40-21)7-38-22-19(35)16(32)13(29)10(4-26)41-22/h8-22,24-35H,2-7H2,1H3/t8?,9?,10?,11-,12-,13-,14+,15+,16+,17?,18?,19?,20+,21+,22+,23?/m1/s1. The molecule has 0 radical (unpaired) electrons. The van der Waals surface area contributed by atoms with Gasteiger partial charge in [0.2, 0.25) is 0 Å². The average Bonchev–Trinajstić information content (AvgIpc) is 2.96. The summed E-state index contributed by atoms with van der Waals surface area (Å²) in [5.41, 5.74) is -1.34. The van der Waals surface area contributed by atoms with Gasteiger partial charge in [0, 0.05) is 5.41 Å². The lowest BCUT2D eigenvalue weighted by atomic mass is 9.93. The lowest BCUT2D eigenvalue weighted by molar-refractivity contribution is -0.329. The van der Waals surface area contributed by atoms with Crippen molar-refractivity contribution in [1.29, 1.82) is 0 Å². The zero-order valence-electron chi connectivity index (χ0n) is 22.2. The van der Waals surface area contributed by atoms with Gasteiger partial charge in [-0.1, -0.05) is 6.92 Å². The summed E-state index contributed by atoms with van der Waals surface area (Å²) in [6.45, 7) is -1.90. The Hall–Kier alpha value is -0.720. The molecule has 18 nitrogen and oxygen atoms in total. The van der Waals surface area contributed by atoms with E-state index in [1.165, 1.54) is 6.92 Å². The summed E-state index contributed by atoms with van der Waals surface area (Å²) in [5.74, 6) is 0. The molecule has 0 bridgehead atoms. The van der Waals surface area contributed by atoms with E-state index in [2.05, 4.69) is 0 Å². The maximum absolute atomic E-state index is 10.3. The maximum atomic E-state index is 10.3. The zero-order valence-corrected chi connectivity index (χ0v) is 22.2. The predicted molar refractivity (Wildman–Crippen MR) is 127 cm³/mol. The monoisotopic (exact) mass is 606 g/mol. The molecule has 15 atom stereocenters. The molecule has 3 rings (SSSR count). The topological polar surface area (TPSA) is 298 Å². The average molecular weight is 607 g/mol. The number of hydrogen-bond acceptors (Lipinski definition) is 18. The molecule has 242 valence electrons. The van der Waals surface area contributed by atoms with Crippen LogP contribution in [0, 0.1) is 5.41 Å². The van der Waals surface area contributed by atoms with Crippen molar-refractivity contribution in [3.05, 3.63) is 0 Å². The molecular weight excluding hydrogens is 564 g/mol. The Morgan fingerprint density at radius 1 is 0.439 bits per heavy atom. The fraction of sp³-hybridized carbons (Fsp3) is 1.00. The fourth-order valence-electron chi connectivity index (χ4n) is 4.59. The minimum Gasteiger partial charge on any atom is -0.394 e. The molecule has 12 N–H and O–H groups in total. The number of hydrogen-bond donors (Lipinski definition) is 12. The van der Waals surface area contributed by atoms with Gasteiger partial charge in [0.1, 0.15) is 73.2 Å². The normalized spacial score (nSPS) is 47.2. The first kappa shape index (κ1) is 34.8. The fourth-order valence-corrected chi connectivity index (χ4v) is 4.59. The largest absolute Gasteiger partial charge is 0.394 e. The Kier molecular flexibility index (Phi) is 12.6. The van der Waals surface area contributed by atoms with E-state index in [0.29, 0.717) is 0 Å². The van der Waals surface area contributed by atoms with E-state index in [-0.39, 0.29) is 0 Å². The second-order valence-electron chi connectivity index (χ2n) is 10.8. The first-order chi connectivity index (χ1) is 19.3. The van der Waals surface area contributed by atoms with Crippen LogP contribution in [0.15, 0.2) is 0 Å². The summed E-state index contributed by atoms with van der Waals surface area (Å²) in [6, 6.07) is 0. The van der Waals surface area contributed by atoms with E-state index in [0.717, 1.165) is 0 Å². The lowest BCUT2D eigenvalue weighted by Crippen LogP contribution is -2.61. The van der Waals surface area contributed by atoms with Crippen molar-refractivity contribution in [2.24, 2.45) is 5.41 Å². The summed E-state index contributed by atoms with van der Waals surface area (Å²) < 4.78 is 32.9. The Morgan fingerprint density at radius 2 is 0.683 bits per heavy atom. The van der Waals surface area contributed by atoms with Gasteiger partial charge in [0.15, 0.2) is 18.9 Å². The van der Waals surface area contributed by atoms with E-state index in [9.17, 15) is 61.3 Å². The molecular formula is C23H42O18. The second-order valence-corrected chi connectivity index (χ2v) is 10.8. The van der Waals surface area contributed by atoms with Crippen LogP contribution < -0.4 is 0 Å². The van der Waals surface area contributed by atoms with Crippen molar-refractivity contribution < 1.29 is 89.7 Å². The van der Waals surface area contributed by atoms with Crippen LogP contribution in [0.5, 0.6) is 0 Å². The van der Waals surface area contributed by atoms with Crippen LogP contribution in [0.25, 0.3) is 0 Å². The van der Waals surface area contributed by atoms with E-state index >= 15 is 0 Å². The highest BCUT2D eigenvalue weighted by atomic mass is 16.7. The van der Waals surface area contributed by atoms with Crippen molar-refractivity contribution in [3.8, 4) is 0 Å². The Bertz CT molecular complexity index is 688. The SMILES string of the molecule is CC(CO[C@H]1OC(CO)[C@@H](O)[C@H](O)C1O)(CO[C@H]1OC(CO)[C@@H](O)[C@H](O)C1O)CO[C@H]1OC(CO)[C@@H](O)[C@H](O)C1O. The van der Waals surface area contributed by atoms with Gasteiger partial charge in [-0.25, -0.2) is 0 Å². The van der Waals surface area contributed by atoms with Crippen molar-refractivity contribution in [2.45, 2.75) is 99.0 Å². The van der Waals surface area contributed by atoms with Crippen LogP contribution in [0.2, 0.25) is 0 Å². The van der Waals surface area contributed by atoms with Gasteiger partial charge in [-0.15, -0.1) is 0 Å². The van der Waals surface area contributed by atoms with Gasteiger partial charge in [-0.3, -0.25) is 0 Å². The molecule has 3 aliphatic heterocycles. The highest BCUT2D eigenvalue weighted by molar-refractivity contribution is 4.92. The molecule has 41 heavy (non-hydrogen) atoms. The van der Waals surface area contributed by atoms with Crippen LogP contribution in [-0.2, 0) is 28.4 Å². The maximum Gasteiger partial charge on any atom is 0.186 e. The van der Waals surface area contributed by atoms with E-state index < -0.39 is 137 Å². The highest BCUT2D eigenvalue weighted by Gasteiger charge is 2.48. The molecule has 18 heteroatoms. The number of aliphatic hydroxyl groups excluding tert-OH is 12. The quantitative estimate of drug-likeness (QED) is 0.0981. The van der Waals surface area contributed by atoms with Crippen LogP contribution in [0.3, 0.4) is 0 Å². The van der Waals surface area contributed by atoms with Crippen molar-refractivity contribution in [3.63, 3.8) is 0 Å². The molecule has 3 heterocycles. The van der Waals surface area contributed by atoms with E-state index in [4.69, 9.17) is 28.4 Å². The lowest BCUT2D eigenvalue weighted by Gasteiger charge is -2.43. The highest BCUT2D eigenvalue weighted by Crippen LogP contribution is 2.30. The third-order valence-corrected chi connectivity index (χ3v) is 7.33. The molecule has 3 aliphatic rings. The Balaban J connectivity index is 1.73. The molecule has 0 aromatic heterocycles. The summed E-state index contributed by atoms with van der Waals surface area (Å²) in [4.78, 5) is 0. The zero-order chi connectivity index (χ0) is 30.6. The van der Waals surface area contributed by atoms with Crippen molar-refractivity contribution in [2.75, 3.05) is 39.6 Å². The Labute approximate surface area is 234 Å². The minimum absolute atomic E-state index is 0.426. The first-order valence-corrected chi connectivity index (χ1v) is 13.0. The van der Waals surface area contributed by atoms with Gasteiger partial charge in [0.25, 0.3) is 0 Å². The molecule has 0 aliphatic carbocycles. The number of aliphatic hydroxyl groups is 12. The molecule has 6 unspecified atom stereocenters. The number of rotatable bonds is 12. The summed E-state index contributed by atoms with van der Waals surface area (Å²) in [6.07, 6.45) is -23.8. The van der Waals surface area contributed by atoms with E-state index in [1.54, 1.807) is 0 Å². The van der Waals surface area contributed by atoms with Gasteiger partial charge in [-0.2, -0.15) is 0 Å². The van der Waals surface area contributed by atoms with Gasteiger partial charge < -0.3 is 89.7 Å². The van der Waals surface area contributed by atoms with Crippen molar-refractivity contribution in [1.82, 2.24) is 0 Å². The Morgan fingerprint density at radius 3 is 0.902 bits per heavy atom. The van der Waals surface area contributed by atoms with Gasteiger partial charge in [0.05, 0.1) is 39.6 Å². The molecule has 3 fully saturated rings. The molecule has 0 saturated carbocycles. The molecule has 0 aromatic rings. The van der Waals surface area contributed by atoms with Crippen LogP contribution in [0.1, 0.15) is 6.92 Å². The third kappa shape index (κ3) is 7.87. The molecule has 0 spiro atoms. The van der Waals surface area contributed by atoms with Crippen LogP contribution in [-0.4, -0.2) is 193 Å². The summed E-state index contributed by atoms with van der Waals surface area (Å²) in [5, 5.41) is 119. The third-order valence-electron chi connectivity index (χ3n) is 7.33. The second kappa shape index (κ2) is 14.8. The van der Waals surface area contributed by atoms with Crippen molar-refractivity contribution >= 4 is 0 Å². The minimum atomic E-state index is -1.74. The molecule has 3 saturated heterocycles. The summed E-state index contributed by atoms with van der Waals surface area (Å²) in [7, 11) is 0. The summed E-state index contributed by atoms with van der Waals surface area (Å²) >= 11 is 0. The first-order valence-electron chi connectivity index (χ1n) is 13.0. The number of ether oxygens (including phenoxy) is 6. The van der Waals surface area contributed by atoms with Gasteiger partial charge in [-0.05, 0) is 0 Å². The molecule has 0 aromatic carbocycles.